The monoisotopic (exact) mass is 324 g/mol. The summed E-state index contributed by atoms with van der Waals surface area (Å²) in [7, 11) is 0. The third-order valence-corrected chi connectivity index (χ3v) is 2.91. The van der Waals surface area contributed by atoms with Crippen LogP contribution in [0.4, 0.5) is 4.39 Å². The fourth-order valence-electron chi connectivity index (χ4n) is 1.43. The summed E-state index contributed by atoms with van der Waals surface area (Å²) >= 11 is 3.30. The number of rotatable bonds is 3. The number of nitrogens with zero attached hydrogens (tertiary/aromatic N) is 1. The van der Waals surface area contributed by atoms with E-state index in [-0.39, 0.29) is 17.1 Å². The van der Waals surface area contributed by atoms with Crippen molar-refractivity contribution in [2.75, 3.05) is 0 Å². The van der Waals surface area contributed by atoms with Crippen molar-refractivity contribution < 1.29 is 14.3 Å². The van der Waals surface area contributed by atoms with Crippen molar-refractivity contribution in [2.45, 2.75) is 0 Å². The molecule has 2 aromatic carbocycles. The van der Waals surface area contributed by atoms with E-state index in [9.17, 15) is 4.39 Å². The van der Waals surface area contributed by atoms with E-state index in [4.69, 9.17) is 15.7 Å². The molecule has 19 heavy (non-hydrogen) atoms. The number of benzene rings is 2. The summed E-state index contributed by atoms with van der Waals surface area (Å²) in [5.41, 5.74) is 5.65. The van der Waals surface area contributed by atoms with E-state index in [0.29, 0.717) is 5.75 Å². The van der Waals surface area contributed by atoms with E-state index >= 15 is 0 Å². The molecular formula is C13H10BrFN2O2. The van der Waals surface area contributed by atoms with E-state index in [0.717, 1.165) is 10.5 Å². The van der Waals surface area contributed by atoms with Crippen LogP contribution in [-0.2, 0) is 0 Å². The van der Waals surface area contributed by atoms with Crippen molar-refractivity contribution in [1.82, 2.24) is 0 Å². The minimum Gasteiger partial charge on any atom is -0.454 e. The number of oxime groups is 1. The lowest BCUT2D eigenvalue weighted by Gasteiger charge is -2.08. The van der Waals surface area contributed by atoms with Crippen LogP contribution >= 0.6 is 15.9 Å². The van der Waals surface area contributed by atoms with Gasteiger partial charge in [-0.1, -0.05) is 21.1 Å². The van der Waals surface area contributed by atoms with Gasteiger partial charge in [-0.15, -0.1) is 0 Å². The predicted molar refractivity (Wildman–Crippen MR) is 73.1 cm³/mol. The SMILES string of the molecule is N/C(=N\O)c1ccc(Oc2ccc(Br)cc2)c(F)c1. The molecule has 4 nitrogen and oxygen atoms in total. The minimum atomic E-state index is -0.591. The van der Waals surface area contributed by atoms with Gasteiger partial charge in [0.05, 0.1) is 0 Å². The zero-order chi connectivity index (χ0) is 13.8. The second-order valence-electron chi connectivity index (χ2n) is 3.69. The Morgan fingerprint density at radius 3 is 2.47 bits per heavy atom. The molecule has 0 aliphatic heterocycles. The number of hydrogen-bond donors (Lipinski definition) is 2. The number of nitrogens with two attached hydrogens (primary N) is 1. The van der Waals surface area contributed by atoms with Crippen LogP contribution in [0.2, 0.25) is 0 Å². The van der Waals surface area contributed by atoms with Crippen molar-refractivity contribution in [1.29, 1.82) is 0 Å². The van der Waals surface area contributed by atoms with Crippen molar-refractivity contribution >= 4 is 21.8 Å². The average Bonchev–Trinajstić information content (AvgIpc) is 2.42. The molecule has 0 spiro atoms. The molecule has 0 saturated heterocycles. The topological polar surface area (TPSA) is 67.8 Å². The molecular weight excluding hydrogens is 315 g/mol. The van der Waals surface area contributed by atoms with Crippen LogP contribution < -0.4 is 10.5 Å². The third-order valence-electron chi connectivity index (χ3n) is 2.38. The maximum atomic E-state index is 13.8. The molecule has 0 bridgehead atoms. The molecule has 2 rings (SSSR count). The van der Waals surface area contributed by atoms with Gasteiger partial charge in [-0.3, -0.25) is 0 Å². The molecule has 0 unspecified atom stereocenters. The lowest BCUT2D eigenvalue weighted by atomic mass is 10.2. The molecule has 6 heteroatoms. The highest BCUT2D eigenvalue weighted by Crippen LogP contribution is 2.26. The van der Waals surface area contributed by atoms with Gasteiger partial charge in [0.15, 0.2) is 17.4 Å². The van der Waals surface area contributed by atoms with Crippen LogP contribution in [0.1, 0.15) is 5.56 Å². The van der Waals surface area contributed by atoms with Crippen LogP contribution in [0.5, 0.6) is 11.5 Å². The Morgan fingerprint density at radius 1 is 1.21 bits per heavy atom. The predicted octanol–water partition coefficient (Wildman–Crippen LogP) is 3.48. The first-order valence-corrected chi connectivity index (χ1v) is 6.10. The van der Waals surface area contributed by atoms with Gasteiger partial charge in [-0.2, -0.15) is 0 Å². The molecule has 0 heterocycles. The summed E-state index contributed by atoms with van der Waals surface area (Å²) < 4.78 is 20.1. The highest BCUT2D eigenvalue weighted by molar-refractivity contribution is 9.10. The summed E-state index contributed by atoms with van der Waals surface area (Å²) in [5, 5.41) is 11.3. The maximum absolute atomic E-state index is 13.8. The normalized spacial score (nSPS) is 11.4. The fourth-order valence-corrected chi connectivity index (χ4v) is 1.69. The quantitative estimate of drug-likeness (QED) is 0.393. The zero-order valence-corrected chi connectivity index (χ0v) is 11.3. The molecule has 0 aliphatic rings. The van der Waals surface area contributed by atoms with Gasteiger partial charge in [0, 0.05) is 10.0 Å². The van der Waals surface area contributed by atoms with E-state index in [2.05, 4.69) is 21.1 Å². The van der Waals surface area contributed by atoms with E-state index in [1.54, 1.807) is 24.3 Å². The highest BCUT2D eigenvalue weighted by atomic mass is 79.9. The Bertz CT molecular complexity index is 615. The van der Waals surface area contributed by atoms with Gasteiger partial charge in [-0.05, 0) is 42.5 Å². The Hall–Kier alpha value is -2.08. The summed E-state index contributed by atoms with van der Waals surface area (Å²) in [6.45, 7) is 0. The van der Waals surface area contributed by atoms with Crippen molar-refractivity contribution in [3.63, 3.8) is 0 Å². The summed E-state index contributed by atoms with van der Waals surface area (Å²) in [5.74, 6) is -0.170. The van der Waals surface area contributed by atoms with Crippen LogP contribution in [-0.4, -0.2) is 11.0 Å². The van der Waals surface area contributed by atoms with Gasteiger partial charge < -0.3 is 15.7 Å². The van der Waals surface area contributed by atoms with Gasteiger partial charge in [0.2, 0.25) is 0 Å². The fraction of sp³-hybridized carbons (Fsp3) is 0. The molecule has 98 valence electrons. The van der Waals surface area contributed by atoms with Crippen LogP contribution in [0.25, 0.3) is 0 Å². The third kappa shape index (κ3) is 3.23. The summed E-state index contributed by atoms with van der Waals surface area (Å²) in [6.07, 6.45) is 0. The lowest BCUT2D eigenvalue weighted by molar-refractivity contribution is 0.318. The van der Waals surface area contributed by atoms with Crippen molar-refractivity contribution in [3.8, 4) is 11.5 Å². The number of halogens is 2. The van der Waals surface area contributed by atoms with Crippen LogP contribution in [0.15, 0.2) is 52.1 Å². The molecule has 0 aromatic heterocycles. The van der Waals surface area contributed by atoms with Crippen LogP contribution in [0.3, 0.4) is 0 Å². The van der Waals surface area contributed by atoms with Crippen LogP contribution in [0, 0.1) is 5.82 Å². The molecule has 2 aromatic rings. The second kappa shape index (κ2) is 5.71. The molecule has 0 aliphatic carbocycles. The first-order valence-electron chi connectivity index (χ1n) is 5.31. The van der Waals surface area contributed by atoms with Gasteiger partial charge >= 0.3 is 0 Å². The highest BCUT2D eigenvalue weighted by Gasteiger charge is 2.08. The molecule has 0 amide bonds. The first kappa shape index (κ1) is 13.4. The number of hydrogen-bond acceptors (Lipinski definition) is 3. The second-order valence-corrected chi connectivity index (χ2v) is 4.60. The zero-order valence-electron chi connectivity index (χ0n) is 9.68. The van der Waals surface area contributed by atoms with Gasteiger partial charge in [-0.25, -0.2) is 4.39 Å². The molecule has 3 N–H and O–H groups in total. The molecule has 0 atom stereocenters. The number of amidine groups is 1. The molecule has 0 radical (unpaired) electrons. The van der Waals surface area contributed by atoms with Gasteiger partial charge in [0.1, 0.15) is 5.75 Å². The maximum Gasteiger partial charge on any atom is 0.170 e. The standard InChI is InChI=1S/C13H10BrFN2O2/c14-9-2-4-10(5-3-9)19-12-6-1-8(7-11(12)15)13(16)17-18/h1-7,18H,(H2,16,17). The lowest BCUT2D eigenvalue weighted by Crippen LogP contribution is -2.13. The Balaban J connectivity index is 2.24. The molecule has 0 fully saturated rings. The smallest absolute Gasteiger partial charge is 0.170 e. The molecule has 0 saturated carbocycles. The van der Waals surface area contributed by atoms with Crippen molar-refractivity contribution in [3.05, 3.63) is 58.3 Å². The van der Waals surface area contributed by atoms with E-state index < -0.39 is 5.82 Å². The summed E-state index contributed by atoms with van der Waals surface area (Å²) in [4.78, 5) is 0. The van der Waals surface area contributed by atoms with Gasteiger partial charge in [0.25, 0.3) is 0 Å². The first-order chi connectivity index (χ1) is 9.10. The Kier molecular flexibility index (Phi) is 4.01. The average molecular weight is 325 g/mol. The largest absolute Gasteiger partial charge is 0.454 e. The van der Waals surface area contributed by atoms with E-state index in [1.807, 2.05) is 0 Å². The Morgan fingerprint density at radius 2 is 1.89 bits per heavy atom. The van der Waals surface area contributed by atoms with Crippen molar-refractivity contribution in [2.24, 2.45) is 10.9 Å². The summed E-state index contributed by atoms with van der Waals surface area (Å²) in [6, 6.07) is 11.1. The van der Waals surface area contributed by atoms with E-state index in [1.165, 1.54) is 12.1 Å². The minimum absolute atomic E-state index is 0.0665. The number of ether oxygens (including phenoxy) is 1. The Labute approximate surface area is 117 Å².